The first-order valence-corrected chi connectivity index (χ1v) is 9.90. The van der Waals surface area contributed by atoms with Crippen molar-refractivity contribution < 1.29 is 23.1 Å². The van der Waals surface area contributed by atoms with Crippen molar-refractivity contribution in [3.8, 4) is 16.9 Å². The van der Waals surface area contributed by atoms with Gasteiger partial charge < -0.3 is 10.4 Å². The number of amides is 1. The number of carbonyl (C=O) groups is 1. The summed E-state index contributed by atoms with van der Waals surface area (Å²) < 4.78 is 41.2. The summed E-state index contributed by atoms with van der Waals surface area (Å²) in [5.41, 5.74) is -1.04. The van der Waals surface area contributed by atoms with Crippen molar-refractivity contribution >= 4 is 5.91 Å². The highest BCUT2D eigenvalue weighted by molar-refractivity contribution is 5.95. The molecule has 0 spiro atoms. The third-order valence-electron chi connectivity index (χ3n) is 5.30. The van der Waals surface area contributed by atoms with Crippen LogP contribution >= 0.6 is 0 Å². The molecule has 168 valence electrons. The summed E-state index contributed by atoms with van der Waals surface area (Å²) in [6.07, 6.45) is 0.158. The van der Waals surface area contributed by atoms with Crippen LogP contribution in [0.4, 0.5) is 13.2 Å². The van der Waals surface area contributed by atoms with Gasteiger partial charge in [-0.2, -0.15) is 28.1 Å². The Balaban J connectivity index is 1.78. The van der Waals surface area contributed by atoms with Crippen molar-refractivity contribution in [1.82, 2.24) is 24.9 Å². The van der Waals surface area contributed by atoms with Gasteiger partial charge in [-0.1, -0.05) is 12.1 Å². The van der Waals surface area contributed by atoms with Crippen molar-refractivity contribution in [2.24, 2.45) is 13.0 Å². The van der Waals surface area contributed by atoms with E-state index in [9.17, 15) is 27.9 Å². The van der Waals surface area contributed by atoms with Gasteiger partial charge in [0.1, 0.15) is 11.3 Å². The van der Waals surface area contributed by atoms with Crippen molar-refractivity contribution in [1.29, 1.82) is 0 Å². The number of nitrogens with one attached hydrogen (secondary N) is 1. The Kier molecular flexibility index (Phi) is 5.59. The Bertz CT molecular complexity index is 1200. The van der Waals surface area contributed by atoms with Gasteiger partial charge in [0.05, 0.1) is 36.3 Å². The lowest BCUT2D eigenvalue weighted by molar-refractivity contribution is -0.137. The van der Waals surface area contributed by atoms with Crippen LogP contribution in [0, 0.1) is 5.92 Å². The molecule has 0 radical (unpaired) electrons. The van der Waals surface area contributed by atoms with Gasteiger partial charge in [-0.25, -0.2) is 0 Å². The quantitative estimate of drug-likeness (QED) is 0.603. The molecule has 2 N–H and O–H groups in total. The number of halogens is 3. The third-order valence-corrected chi connectivity index (χ3v) is 5.30. The van der Waals surface area contributed by atoms with Crippen LogP contribution in [0.15, 0.2) is 47.5 Å². The maximum atomic E-state index is 13.0. The van der Waals surface area contributed by atoms with Crippen LogP contribution in [-0.4, -0.2) is 43.2 Å². The van der Waals surface area contributed by atoms with Crippen LogP contribution in [0.5, 0.6) is 0 Å². The summed E-state index contributed by atoms with van der Waals surface area (Å²) >= 11 is 0. The number of alkyl halides is 3. The number of carbonyl (C=O) groups excluding carboxylic acids is 1. The van der Waals surface area contributed by atoms with Gasteiger partial charge in [0, 0.05) is 12.6 Å². The standard InChI is InChI=1S/C21H20F3N5O3/c1-28-10-15(9-25-28)29-20(32)16(19(31)26-18(11-30)13-2-3-13)8-17(27-29)12-4-6-14(7-5-12)21(22,23)24/h4-10,13,18,30H,2-3,11H2,1H3,(H,26,31). The number of aromatic nitrogens is 4. The number of hydrogen-bond acceptors (Lipinski definition) is 5. The molecule has 1 aliphatic rings. The largest absolute Gasteiger partial charge is 0.416 e. The molecule has 1 fully saturated rings. The minimum absolute atomic E-state index is 0.138. The predicted octanol–water partition coefficient (Wildman–Crippen LogP) is 2.15. The molecule has 1 unspecified atom stereocenters. The number of aliphatic hydroxyl groups excluding tert-OH is 1. The average molecular weight is 447 g/mol. The molecular formula is C21H20F3N5O3. The van der Waals surface area contributed by atoms with Gasteiger partial charge in [-0.15, -0.1) is 0 Å². The van der Waals surface area contributed by atoms with Gasteiger partial charge >= 0.3 is 6.18 Å². The zero-order valence-corrected chi connectivity index (χ0v) is 17.0. The van der Waals surface area contributed by atoms with Crippen molar-refractivity contribution in [3.05, 3.63) is 64.2 Å². The van der Waals surface area contributed by atoms with E-state index in [4.69, 9.17) is 0 Å². The lowest BCUT2D eigenvalue weighted by atomic mass is 10.1. The highest BCUT2D eigenvalue weighted by Gasteiger charge is 2.33. The number of rotatable bonds is 6. The SMILES string of the molecule is Cn1cc(-n2nc(-c3ccc(C(F)(F)F)cc3)cc(C(=O)NC(CO)C3CC3)c2=O)cn1. The average Bonchev–Trinajstić information content (AvgIpc) is 3.51. The second-order valence-electron chi connectivity index (χ2n) is 7.71. The lowest BCUT2D eigenvalue weighted by Gasteiger charge is -2.16. The van der Waals surface area contributed by atoms with E-state index in [1.807, 2.05) is 0 Å². The minimum atomic E-state index is -4.49. The van der Waals surface area contributed by atoms with Gasteiger partial charge in [0.2, 0.25) is 0 Å². The molecule has 2 heterocycles. The van der Waals surface area contributed by atoms with Crippen molar-refractivity contribution in [2.75, 3.05) is 6.61 Å². The fourth-order valence-electron chi connectivity index (χ4n) is 3.38. The summed E-state index contributed by atoms with van der Waals surface area (Å²) in [5, 5.41) is 20.5. The number of benzene rings is 1. The molecule has 3 aromatic rings. The number of aryl methyl sites for hydroxylation is 1. The van der Waals surface area contributed by atoms with Gasteiger partial charge in [-0.05, 0) is 37.0 Å². The zero-order valence-electron chi connectivity index (χ0n) is 17.0. The first-order chi connectivity index (χ1) is 15.2. The molecule has 8 nitrogen and oxygen atoms in total. The van der Waals surface area contributed by atoms with Crippen LogP contribution in [0.1, 0.15) is 28.8 Å². The maximum absolute atomic E-state index is 13.0. The second kappa shape index (κ2) is 8.23. The molecule has 0 bridgehead atoms. The van der Waals surface area contributed by atoms with E-state index in [0.717, 1.165) is 29.7 Å². The fourth-order valence-corrected chi connectivity index (χ4v) is 3.38. The highest BCUT2D eigenvalue weighted by atomic mass is 19.4. The van der Waals surface area contributed by atoms with Crippen LogP contribution < -0.4 is 10.9 Å². The van der Waals surface area contributed by atoms with E-state index in [1.165, 1.54) is 35.3 Å². The van der Waals surface area contributed by atoms with Crippen LogP contribution in [0.3, 0.4) is 0 Å². The molecule has 11 heteroatoms. The summed E-state index contributed by atoms with van der Waals surface area (Å²) in [4.78, 5) is 25.9. The van der Waals surface area contributed by atoms with Crippen LogP contribution in [-0.2, 0) is 13.2 Å². The molecule has 1 amide bonds. The summed E-state index contributed by atoms with van der Waals surface area (Å²) in [6.45, 7) is -0.260. The van der Waals surface area contributed by atoms with E-state index >= 15 is 0 Å². The van der Waals surface area contributed by atoms with Gasteiger partial charge in [0.15, 0.2) is 0 Å². The molecule has 0 saturated heterocycles. The predicted molar refractivity (Wildman–Crippen MR) is 108 cm³/mol. The molecule has 1 saturated carbocycles. The first-order valence-electron chi connectivity index (χ1n) is 9.90. The zero-order chi connectivity index (χ0) is 23.0. The van der Waals surface area contributed by atoms with E-state index in [-0.39, 0.29) is 23.8 Å². The molecular weight excluding hydrogens is 427 g/mol. The number of aliphatic hydroxyl groups is 1. The Morgan fingerprint density at radius 1 is 1.28 bits per heavy atom. The topological polar surface area (TPSA) is 102 Å². The Morgan fingerprint density at radius 2 is 1.97 bits per heavy atom. The van der Waals surface area contributed by atoms with Crippen LogP contribution in [0.2, 0.25) is 0 Å². The smallest absolute Gasteiger partial charge is 0.394 e. The van der Waals surface area contributed by atoms with Crippen LogP contribution in [0.25, 0.3) is 16.9 Å². The fraction of sp³-hybridized carbons (Fsp3) is 0.333. The van der Waals surface area contributed by atoms with Gasteiger partial charge in [-0.3, -0.25) is 14.3 Å². The molecule has 4 rings (SSSR count). The highest BCUT2D eigenvalue weighted by Crippen LogP contribution is 2.33. The first kappa shape index (κ1) is 21.8. The Morgan fingerprint density at radius 3 is 2.50 bits per heavy atom. The summed E-state index contributed by atoms with van der Waals surface area (Å²) in [6, 6.07) is 5.04. The second-order valence-corrected chi connectivity index (χ2v) is 7.71. The molecule has 0 aliphatic heterocycles. The summed E-state index contributed by atoms with van der Waals surface area (Å²) in [7, 11) is 1.64. The van der Waals surface area contributed by atoms with E-state index in [1.54, 1.807) is 7.05 Å². The number of hydrogen-bond donors (Lipinski definition) is 2. The molecule has 1 aromatic carbocycles. The minimum Gasteiger partial charge on any atom is -0.394 e. The van der Waals surface area contributed by atoms with E-state index in [0.29, 0.717) is 11.3 Å². The third kappa shape index (κ3) is 4.42. The Hall–Kier alpha value is -3.47. The normalized spacial score (nSPS) is 14.9. The summed E-state index contributed by atoms with van der Waals surface area (Å²) in [5.74, 6) is -0.533. The maximum Gasteiger partial charge on any atom is 0.416 e. The number of nitrogens with zero attached hydrogens (tertiary/aromatic N) is 4. The van der Waals surface area contributed by atoms with Crippen molar-refractivity contribution in [3.63, 3.8) is 0 Å². The van der Waals surface area contributed by atoms with Gasteiger partial charge in [0.25, 0.3) is 11.5 Å². The molecule has 32 heavy (non-hydrogen) atoms. The monoisotopic (exact) mass is 447 g/mol. The molecule has 1 aliphatic carbocycles. The molecule has 1 atom stereocenters. The van der Waals surface area contributed by atoms with E-state index < -0.39 is 29.2 Å². The van der Waals surface area contributed by atoms with E-state index in [2.05, 4.69) is 15.5 Å². The lowest BCUT2D eigenvalue weighted by Crippen LogP contribution is -2.42. The Labute approximate surface area is 180 Å². The molecule has 2 aromatic heterocycles. The van der Waals surface area contributed by atoms with Crippen molar-refractivity contribution in [2.45, 2.75) is 25.1 Å².